The maximum absolute atomic E-state index is 10.4. The Balaban J connectivity index is 2.75. The van der Waals surface area contributed by atoms with E-state index in [1.54, 1.807) is 12.1 Å². The molecule has 1 aromatic rings. The SMILES string of the molecule is CC(C)C[C@@H](N)c1ccc([N+](=O)[O-])cc1. The van der Waals surface area contributed by atoms with E-state index < -0.39 is 4.92 Å². The summed E-state index contributed by atoms with van der Waals surface area (Å²) in [4.78, 5) is 10.0. The van der Waals surface area contributed by atoms with E-state index in [1.165, 1.54) is 12.1 Å². The van der Waals surface area contributed by atoms with Crippen molar-refractivity contribution in [3.63, 3.8) is 0 Å². The molecule has 0 radical (unpaired) electrons. The maximum Gasteiger partial charge on any atom is 0.269 e. The van der Waals surface area contributed by atoms with Gasteiger partial charge in [0.2, 0.25) is 0 Å². The number of nitrogens with zero attached hydrogens (tertiary/aromatic N) is 1. The van der Waals surface area contributed by atoms with Crippen molar-refractivity contribution in [2.45, 2.75) is 26.3 Å². The van der Waals surface area contributed by atoms with Crippen LogP contribution in [0.1, 0.15) is 31.9 Å². The summed E-state index contributed by atoms with van der Waals surface area (Å²) in [6.07, 6.45) is 0.887. The molecule has 0 fully saturated rings. The first-order chi connectivity index (χ1) is 7.00. The molecule has 0 aromatic heterocycles. The van der Waals surface area contributed by atoms with Crippen molar-refractivity contribution in [1.29, 1.82) is 0 Å². The average molecular weight is 208 g/mol. The van der Waals surface area contributed by atoms with Crippen LogP contribution in [0.2, 0.25) is 0 Å². The lowest BCUT2D eigenvalue weighted by Gasteiger charge is -2.13. The van der Waals surface area contributed by atoms with Crippen LogP contribution in [0, 0.1) is 16.0 Å². The maximum atomic E-state index is 10.4. The van der Waals surface area contributed by atoms with E-state index in [2.05, 4.69) is 13.8 Å². The van der Waals surface area contributed by atoms with E-state index in [4.69, 9.17) is 5.73 Å². The standard InChI is InChI=1S/C11H16N2O2/c1-8(2)7-11(12)9-3-5-10(6-4-9)13(14)15/h3-6,8,11H,7,12H2,1-2H3/t11-/m1/s1. The molecule has 0 unspecified atom stereocenters. The first-order valence-electron chi connectivity index (χ1n) is 5.00. The van der Waals surface area contributed by atoms with Gasteiger partial charge in [0.1, 0.15) is 0 Å². The second-order valence-electron chi connectivity index (χ2n) is 4.08. The minimum Gasteiger partial charge on any atom is -0.324 e. The molecular formula is C11H16N2O2. The van der Waals surface area contributed by atoms with Gasteiger partial charge in [-0.1, -0.05) is 26.0 Å². The summed E-state index contributed by atoms with van der Waals surface area (Å²) in [7, 11) is 0. The first-order valence-corrected chi connectivity index (χ1v) is 5.00. The molecule has 1 atom stereocenters. The van der Waals surface area contributed by atoms with Gasteiger partial charge < -0.3 is 5.73 Å². The van der Waals surface area contributed by atoms with E-state index in [0.29, 0.717) is 5.92 Å². The molecule has 0 amide bonds. The van der Waals surface area contributed by atoms with Gasteiger partial charge in [-0.15, -0.1) is 0 Å². The fourth-order valence-electron chi connectivity index (χ4n) is 1.49. The number of hydrogen-bond donors (Lipinski definition) is 1. The lowest BCUT2D eigenvalue weighted by molar-refractivity contribution is -0.384. The van der Waals surface area contributed by atoms with E-state index >= 15 is 0 Å². The molecular weight excluding hydrogens is 192 g/mol. The molecule has 0 aliphatic heterocycles. The predicted octanol–water partition coefficient (Wildman–Crippen LogP) is 2.64. The van der Waals surface area contributed by atoms with Crippen LogP contribution in [0.25, 0.3) is 0 Å². The number of nitrogens with two attached hydrogens (primary N) is 1. The van der Waals surface area contributed by atoms with Crippen molar-refractivity contribution in [2.75, 3.05) is 0 Å². The van der Waals surface area contributed by atoms with Gasteiger partial charge >= 0.3 is 0 Å². The smallest absolute Gasteiger partial charge is 0.269 e. The lowest BCUT2D eigenvalue weighted by atomic mass is 9.98. The van der Waals surface area contributed by atoms with Crippen LogP contribution in [0.5, 0.6) is 0 Å². The van der Waals surface area contributed by atoms with Gasteiger partial charge in [0, 0.05) is 18.2 Å². The summed E-state index contributed by atoms with van der Waals surface area (Å²) < 4.78 is 0. The second-order valence-corrected chi connectivity index (χ2v) is 4.08. The molecule has 1 rings (SSSR count). The molecule has 0 aliphatic rings. The van der Waals surface area contributed by atoms with Gasteiger partial charge in [-0.05, 0) is 17.9 Å². The van der Waals surface area contributed by atoms with Crippen molar-refractivity contribution in [2.24, 2.45) is 11.7 Å². The predicted molar refractivity (Wildman–Crippen MR) is 59.5 cm³/mol. The summed E-state index contributed by atoms with van der Waals surface area (Å²) >= 11 is 0. The summed E-state index contributed by atoms with van der Waals surface area (Å²) in [6, 6.07) is 6.41. The number of non-ortho nitro benzene ring substituents is 1. The zero-order chi connectivity index (χ0) is 11.4. The highest BCUT2D eigenvalue weighted by Gasteiger charge is 2.10. The number of benzene rings is 1. The van der Waals surface area contributed by atoms with E-state index in [9.17, 15) is 10.1 Å². The number of hydrogen-bond acceptors (Lipinski definition) is 3. The van der Waals surface area contributed by atoms with E-state index in [0.717, 1.165) is 12.0 Å². The Morgan fingerprint density at radius 1 is 1.33 bits per heavy atom. The highest BCUT2D eigenvalue weighted by Crippen LogP contribution is 2.21. The van der Waals surface area contributed by atoms with Gasteiger partial charge in [-0.2, -0.15) is 0 Å². The molecule has 0 saturated heterocycles. The molecule has 4 heteroatoms. The largest absolute Gasteiger partial charge is 0.324 e. The fraction of sp³-hybridized carbons (Fsp3) is 0.455. The molecule has 4 nitrogen and oxygen atoms in total. The van der Waals surface area contributed by atoms with Crippen LogP contribution >= 0.6 is 0 Å². The van der Waals surface area contributed by atoms with Crippen molar-refractivity contribution >= 4 is 5.69 Å². The van der Waals surface area contributed by atoms with Gasteiger partial charge in [0.25, 0.3) is 5.69 Å². The van der Waals surface area contributed by atoms with E-state index in [-0.39, 0.29) is 11.7 Å². The summed E-state index contributed by atoms with van der Waals surface area (Å²) in [5, 5.41) is 10.4. The molecule has 0 heterocycles. The Morgan fingerprint density at radius 2 is 1.87 bits per heavy atom. The average Bonchev–Trinajstić information content (AvgIpc) is 2.17. The summed E-state index contributed by atoms with van der Waals surface area (Å²) in [5.74, 6) is 0.523. The van der Waals surface area contributed by atoms with Crippen LogP contribution in [-0.2, 0) is 0 Å². The zero-order valence-corrected chi connectivity index (χ0v) is 9.01. The topological polar surface area (TPSA) is 69.2 Å². The number of nitro benzene ring substituents is 1. The Morgan fingerprint density at radius 3 is 2.27 bits per heavy atom. The summed E-state index contributed by atoms with van der Waals surface area (Å²) in [5.41, 5.74) is 7.01. The van der Waals surface area contributed by atoms with Crippen molar-refractivity contribution in [1.82, 2.24) is 0 Å². The van der Waals surface area contributed by atoms with Crippen molar-refractivity contribution in [3.05, 3.63) is 39.9 Å². The van der Waals surface area contributed by atoms with Gasteiger partial charge in [0.05, 0.1) is 4.92 Å². The molecule has 2 N–H and O–H groups in total. The zero-order valence-electron chi connectivity index (χ0n) is 9.01. The minimum absolute atomic E-state index is 0.0363. The van der Waals surface area contributed by atoms with Gasteiger partial charge in [0.15, 0.2) is 0 Å². The Hall–Kier alpha value is -1.42. The highest BCUT2D eigenvalue weighted by atomic mass is 16.6. The molecule has 82 valence electrons. The molecule has 0 bridgehead atoms. The third-order valence-corrected chi connectivity index (χ3v) is 2.26. The van der Waals surface area contributed by atoms with Gasteiger partial charge in [-0.3, -0.25) is 10.1 Å². The van der Waals surface area contributed by atoms with Crippen LogP contribution in [0.3, 0.4) is 0 Å². The van der Waals surface area contributed by atoms with Crippen LogP contribution in [0.4, 0.5) is 5.69 Å². The fourth-order valence-corrected chi connectivity index (χ4v) is 1.49. The van der Waals surface area contributed by atoms with Crippen molar-refractivity contribution < 1.29 is 4.92 Å². The number of rotatable bonds is 4. The van der Waals surface area contributed by atoms with Gasteiger partial charge in [-0.25, -0.2) is 0 Å². The van der Waals surface area contributed by atoms with Crippen LogP contribution in [-0.4, -0.2) is 4.92 Å². The van der Waals surface area contributed by atoms with Crippen LogP contribution in [0.15, 0.2) is 24.3 Å². The third-order valence-electron chi connectivity index (χ3n) is 2.26. The quantitative estimate of drug-likeness (QED) is 0.610. The Labute approximate surface area is 89.2 Å². The third kappa shape index (κ3) is 3.32. The molecule has 0 spiro atoms. The Kier molecular flexibility index (Phi) is 3.80. The normalized spacial score (nSPS) is 12.8. The molecule has 0 saturated carbocycles. The molecule has 1 aromatic carbocycles. The Bertz CT molecular complexity index is 333. The molecule has 0 aliphatic carbocycles. The highest BCUT2D eigenvalue weighted by molar-refractivity contribution is 5.34. The summed E-state index contributed by atoms with van der Waals surface area (Å²) in [6.45, 7) is 4.20. The first kappa shape index (κ1) is 11.7. The molecule has 15 heavy (non-hydrogen) atoms. The monoisotopic (exact) mass is 208 g/mol. The minimum atomic E-state index is -0.405. The number of nitro groups is 1. The van der Waals surface area contributed by atoms with E-state index in [1.807, 2.05) is 0 Å². The second kappa shape index (κ2) is 4.89. The lowest BCUT2D eigenvalue weighted by Crippen LogP contribution is -2.12. The van der Waals surface area contributed by atoms with Crippen molar-refractivity contribution in [3.8, 4) is 0 Å². The van der Waals surface area contributed by atoms with Crippen LogP contribution < -0.4 is 5.73 Å².